The quantitative estimate of drug-likeness (QED) is 0.210. The highest BCUT2D eigenvalue weighted by molar-refractivity contribution is 5.96. The van der Waals surface area contributed by atoms with Crippen molar-refractivity contribution in [2.24, 2.45) is 39.7 Å². The first kappa shape index (κ1) is 31.0. The third-order valence-corrected chi connectivity index (χ3v) is 10.8. The number of aliphatic hydroxyl groups is 2. The van der Waals surface area contributed by atoms with Crippen molar-refractivity contribution in [2.75, 3.05) is 13.2 Å². The van der Waals surface area contributed by atoms with E-state index in [1.165, 1.54) is 5.57 Å². The summed E-state index contributed by atoms with van der Waals surface area (Å²) in [5.41, 5.74) is 1.01. The first-order chi connectivity index (χ1) is 19.3. The molecular formula is C31H45N3O7. The lowest BCUT2D eigenvalue weighted by molar-refractivity contribution is -0.143. The topological polar surface area (TPSA) is 158 Å². The number of rotatable bonds is 9. The Morgan fingerprint density at radius 1 is 1.12 bits per heavy atom. The van der Waals surface area contributed by atoms with Gasteiger partial charge in [-0.3, -0.25) is 9.59 Å². The monoisotopic (exact) mass is 571 g/mol. The summed E-state index contributed by atoms with van der Waals surface area (Å²) in [6.07, 6.45) is 15.3. The number of carbonyl (C=O) groups excluding carboxylic acids is 2. The largest absolute Gasteiger partial charge is 0.480 e. The van der Waals surface area contributed by atoms with Gasteiger partial charge in [-0.15, -0.1) is 6.42 Å². The molecule has 0 saturated heterocycles. The van der Waals surface area contributed by atoms with E-state index in [-0.39, 0.29) is 23.4 Å². The molecule has 10 heteroatoms. The van der Waals surface area contributed by atoms with Crippen LogP contribution in [0.1, 0.15) is 79.1 Å². The maximum absolute atomic E-state index is 12.5. The molecule has 3 fully saturated rings. The van der Waals surface area contributed by atoms with E-state index in [0.29, 0.717) is 24.2 Å². The molecule has 4 aliphatic rings. The molecule has 3 saturated carbocycles. The lowest BCUT2D eigenvalue weighted by atomic mass is 9.46. The van der Waals surface area contributed by atoms with Crippen molar-refractivity contribution in [2.45, 2.75) is 96.7 Å². The normalized spacial score (nSPS) is 36.6. The Hall–Kier alpha value is -2.90. The predicted octanol–water partition coefficient (Wildman–Crippen LogP) is 2.39. The first-order valence-electron chi connectivity index (χ1n) is 14.8. The second-order valence-corrected chi connectivity index (χ2v) is 13.2. The van der Waals surface area contributed by atoms with Gasteiger partial charge >= 0.3 is 5.97 Å². The van der Waals surface area contributed by atoms with Crippen LogP contribution in [0, 0.1) is 46.8 Å². The van der Waals surface area contributed by atoms with E-state index in [1.54, 1.807) is 13.8 Å². The molecule has 5 N–H and O–H groups in total. The molecule has 2 amide bonds. The van der Waals surface area contributed by atoms with E-state index in [4.69, 9.17) is 21.5 Å². The third-order valence-electron chi connectivity index (χ3n) is 10.8. The number of carboxylic acid groups (broad SMARTS) is 1. The van der Waals surface area contributed by atoms with Crippen molar-refractivity contribution in [1.29, 1.82) is 0 Å². The molecule has 0 aromatic rings. The van der Waals surface area contributed by atoms with Gasteiger partial charge in [0.25, 0.3) is 5.91 Å². The van der Waals surface area contributed by atoms with Gasteiger partial charge in [0.05, 0.1) is 12.3 Å². The Balaban J connectivity index is 1.36. The predicted molar refractivity (Wildman–Crippen MR) is 152 cm³/mol. The summed E-state index contributed by atoms with van der Waals surface area (Å²) >= 11 is 0. The summed E-state index contributed by atoms with van der Waals surface area (Å²) in [5.74, 6) is 1.33. The fourth-order valence-electron chi connectivity index (χ4n) is 8.27. The number of carboxylic acids is 1. The van der Waals surface area contributed by atoms with Crippen LogP contribution in [0.25, 0.3) is 0 Å². The number of hydrogen-bond acceptors (Lipinski definition) is 7. The Morgan fingerprint density at radius 2 is 1.83 bits per heavy atom. The maximum Gasteiger partial charge on any atom is 0.328 e. The number of amides is 2. The minimum Gasteiger partial charge on any atom is -0.480 e. The van der Waals surface area contributed by atoms with Crippen LogP contribution < -0.4 is 10.6 Å². The number of oxime groups is 1. The zero-order valence-electron chi connectivity index (χ0n) is 24.6. The zero-order chi connectivity index (χ0) is 30.2. The summed E-state index contributed by atoms with van der Waals surface area (Å²) in [4.78, 5) is 41.5. The van der Waals surface area contributed by atoms with Gasteiger partial charge in [0, 0.05) is 5.41 Å². The molecule has 4 aliphatic carbocycles. The molecule has 0 radical (unpaired) electrons. The Kier molecular flexibility index (Phi) is 8.91. The Labute approximate surface area is 242 Å². The highest BCUT2D eigenvalue weighted by Gasteiger charge is 2.63. The van der Waals surface area contributed by atoms with E-state index in [9.17, 15) is 19.5 Å². The van der Waals surface area contributed by atoms with Gasteiger partial charge in [0.2, 0.25) is 5.91 Å². The number of aliphatic carboxylic acids is 1. The number of nitrogens with zero attached hydrogens (tertiary/aromatic N) is 1. The van der Waals surface area contributed by atoms with Crippen LogP contribution in [0.3, 0.4) is 0 Å². The van der Waals surface area contributed by atoms with E-state index in [2.05, 4.69) is 41.6 Å². The van der Waals surface area contributed by atoms with Crippen LogP contribution in [-0.4, -0.2) is 69.7 Å². The van der Waals surface area contributed by atoms with E-state index >= 15 is 0 Å². The third kappa shape index (κ3) is 5.63. The minimum atomic E-state index is -1.45. The molecule has 0 heterocycles. The molecule has 0 unspecified atom stereocenters. The number of terminal acetylenes is 1. The number of hydrogen-bond donors (Lipinski definition) is 5. The van der Waals surface area contributed by atoms with Gasteiger partial charge in [-0.1, -0.05) is 44.3 Å². The number of allylic oxidation sites excluding steroid dienone is 2. The van der Waals surface area contributed by atoms with Gasteiger partial charge in [0.1, 0.15) is 17.7 Å². The number of aliphatic hydroxyl groups excluding tert-OH is 1. The lowest BCUT2D eigenvalue weighted by Gasteiger charge is -2.58. The highest BCUT2D eigenvalue weighted by atomic mass is 16.6. The van der Waals surface area contributed by atoms with Crippen LogP contribution in [0.15, 0.2) is 16.8 Å². The molecule has 4 rings (SSSR count). The molecule has 0 spiro atoms. The van der Waals surface area contributed by atoms with Crippen LogP contribution in [0.2, 0.25) is 0 Å². The molecule has 0 aromatic carbocycles. The molecular weight excluding hydrogens is 526 g/mol. The molecule has 226 valence electrons. The first-order valence-corrected chi connectivity index (χ1v) is 14.8. The van der Waals surface area contributed by atoms with E-state index in [0.717, 1.165) is 50.7 Å². The minimum absolute atomic E-state index is 0.0672. The van der Waals surface area contributed by atoms with Gasteiger partial charge < -0.3 is 30.8 Å². The highest BCUT2D eigenvalue weighted by Crippen LogP contribution is 2.67. The van der Waals surface area contributed by atoms with Crippen molar-refractivity contribution in [1.82, 2.24) is 10.6 Å². The van der Waals surface area contributed by atoms with E-state index < -0.39 is 42.1 Å². The maximum atomic E-state index is 12.5. The van der Waals surface area contributed by atoms with Crippen LogP contribution in [-0.2, 0) is 19.2 Å². The summed E-state index contributed by atoms with van der Waals surface area (Å²) in [5, 5.41) is 38.5. The van der Waals surface area contributed by atoms with Crippen molar-refractivity contribution in [3.8, 4) is 12.3 Å². The lowest BCUT2D eigenvalue weighted by Crippen LogP contribution is -2.55. The molecule has 0 aromatic heterocycles. The smallest absolute Gasteiger partial charge is 0.328 e. The van der Waals surface area contributed by atoms with Crippen molar-refractivity contribution < 1.29 is 34.5 Å². The zero-order valence-corrected chi connectivity index (χ0v) is 24.6. The fourth-order valence-corrected chi connectivity index (χ4v) is 8.27. The summed E-state index contributed by atoms with van der Waals surface area (Å²) in [7, 11) is 0. The summed E-state index contributed by atoms with van der Waals surface area (Å²) < 4.78 is 0. The van der Waals surface area contributed by atoms with Crippen LogP contribution in [0.4, 0.5) is 0 Å². The Morgan fingerprint density at radius 3 is 2.46 bits per heavy atom. The van der Waals surface area contributed by atoms with Gasteiger partial charge in [-0.05, 0) is 86.5 Å². The molecule has 0 aliphatic heterocycles. The molecule has 0 bridgehead atoms. The van der Waals surface area contributed by atoms with Gasteiger partial charge in [-0.2, -0.15) is 0 Å². The summed E-state index contributed by atoms with van der Waals surface area (Å²) in [6, 6.07) is -2.44. The van der Waals surface area contributed by atoms with Gasteiger partial charge in [0.15, 0.2) is 6.61 Å². The van der Waals surface area contributed by atoms with Crippen LogP contribution in [0.5, 0.6) is 0 Å². The standard InChI is InChI=1S/C31H45N3O7/c1-6-31(40)14-11-23-21-8-7-19-15-20(9-12-29(19,4)22(21)10-13-30(23,31)5)34-41-17-25(36)33-26(18(2)3)27(37)32-24(16-35)28(38)39/h1,15,18,21-24,26,35,40H,7-14,16-17H2,2-5H3,(H,32,37)(H,33,36)(H,38,39)/b34-20-/t21-,22+,23+,24-,26-,29+,30+,31-/m1/s1. The average Bonchev–Trinajstić information content (AvgIpc) is 3.20. The SMILES string of the molecule is C#C[C@@]1(O)CC[C@H]2[C@@H]3CCC4=C/C(=N\OCC(=O)N[C@@H](C(=O)N[C@H](CO)C(=O)O)C(C)C)CC[C@]4(C)[C@H]3CC[C@@]21C. The summed E-state index contributed by atoms with van der Waals surface area (Å²) in [6.45, 7) is 6.86. The van der Waals surface area contributed by atoms with Gasteiger partial charge in [-0.25, -0.2) is 4.79 Å². The number of fused-ring (bicyclic) bond motifs is 5. The molecule has 8 atom stereocenters. The molecule has 10 nitrogen and oxygen atoms in total. The number of nitrogens with one attached hydrogen (secondary N) is 2. The second-order valence-electron chi connectivity index (χ2n) is 13.2. The van der Waals surface area contributed by atoms with Crippen LogP contribution >= 0.6 is 0 Å². The fraction of sp³-hybridized carbons (Fsp3) is 0.742. The van der Waals surface area contributed by atoms with Crippen molar-refractivity contribution in [3.05, 3.63) is 11.6 Å². The average molecular weight is 572 g/mol. The van der Waals surface area contributed by atoms with Crippen molar-refractivity contribution in [3.63, 3.8) is 0 Å². The Bertz CT molecular complexity index is 1160. The number of carbonyl (C=O) groups is 3. The van der Waals surface area contributed by atoms with E-state index in [1.807, 2.05) is 0 Å². The second kappa shape index (κ2) is 11.8. The van der Waals surface area contributed by atoms with Crippen molar-refractivity contribution >= 4 is 23.5 Å². The molecule has 41 heavy (non-hydrogen) atoms.